The molecule has 1 aromatic heterocycles. The Bertz CT molecular complexity index is 296. The topological polar surface area (TPSA) is 29.0 Å². The molecule has 3 heteroatoms. The van der Waals surface area contributed by atoms with Crippen molar-refractivity contribution in [3.8, 4) is 0 Å². The van der Waals surface area contributed by atoms with Crippen LogP contribution in [0.5, 0.6) is 0 Å². The number of aromatic nitrogens is 2. The number of hydrogen-bond acceptors (Lipinski definition) is 3. The summed E-state index contributed by atoms with van der Waals surface area (Å²) in [6.45, 7) is 4.08. The summed E-state index contributed by atoms with van der Waals surface area (Å²) < 4.78 is 0. The van der Waals surface area contributed by atoms with Crippen molar-refractivity contribution in [2.75, 3.05) is 13.6 Å². The Hall–Kier alpha value is -0.960. The molecule has 0 radical (unpaired) electrons. The first-order valence-electron chi connectivity index (χ1n) is 4.26. The molecule has 3 nitrogen and oxygen atoms in total. The van der Waals surface area contributed by atoms with E-state index in [0.717, 1.165) is 30.9 Å². The highest BCUT2D eigenvalue weighted by Crippen LogP contribution is 2.14. The minimum atomic E-state index is 0.947. The average molecular weight is 163 g/mol. The van der Waals surface area contributed by atoms with Crippen LogP contribution in [-0.2, 0) is 13.0 Å². The van der Waals surface area contributed by atoms with E-state index in [9.17, 15) is 0 Å². The van der Waals surface area contributed by atoms with Crippen LogP contribution in [0.25, 0.3) is 0 Å². The van der Waals surface area contributed by atoms with Crippen molar-refractivity contribution in [1.29, 1.82) is 0 Å². The lowest BCUT2D eigenvalue weighted by Gasteiger charge is -2.23. The summed E-state index contributed by atoms with van der Waals surface area (Å²) in [6.07, 6.45) is 1.11. The van der Waals surface area contributed by atoms with Crippen LogP contribution in [0, 0.1) is 6.92 Å². The molecular formula is C9H13N3. The minimum Gasteiger partial charge on any atom is -0.300 e. The zero-order chi connectivity index (χ0) is 8.55. The van der Waals surface area contributed by atoms with Crippen molar-refractivity contribution < 1.29 is 0 Å². The molecule has 0 bridgehead atoms. The first-order valence-corrected chi connectivity index (χ1v) is 4.26. The van der Waals surface area contributed by atoms with Crippen molar-refractivity contribution in [2.45, 2.75) is 19.9 Å². The van der Waals surface area contributed by atoms with Gasteiger partial charge in [0.15, 0.2) is 0 Å². The van der Waals surface area contributed by atoms with Crippen molar-refractivity contribution in [1.82, 2.24) is 15.1 Å². The van der Waals surface area contributed by atoms with Crippen LogP contribution in [0.3, 0.4) is 0 Å². The van der Waals surface area contributed by atoms with Gasteiger partial charge in [-0.15, -0.1) is 0 Å². The maximum absolute atomic E-state index is 4.18. The standard InChI is InChI=1S/C9H13N3/c1-7-5-8-3-4-12(2)6-9(8)11-10-7/h5H,3-4,6H2,1-2H3. The molecule has 0 fully saturated rings. The third-order valence-electron chi connectivity index (χ3n) is 2.26. The minimum absolute atomic E-state index is 0.947. The number of fused-ring (bicyclic) bond motifs is 1. The van der Waals surface area contributed by atoms with Crippen LogP contribution in [0.4, 0.5) is 0 Å². The van der Waals surface area contributed by atoms with Crippen LogP contribution in [-0.4, -0.2) is 28.7 Å². The summed E-state index contributed by atoms with van der Waals surface area (Å²) in [5.41, 5.74) is 3.55. The van der Waals surface area contributed by atoms with Gasteiger partial charge in [0.1, 0.15) is 0 Å². The second kappa shape index (κ2) is 2.83. The van der Waals surface area contributed by atoms with Crippen LogP contribution in [0.15, 0.2) is 6.07 Å². The molecule has 12 heavy (non-hydrogen) atoms. The number of hydrogen-bond donors (Lipinski definition) is 0. The summed E-state index contributed by atoms with van der Waals surface area (Å²) in [4.78, 5) is 2.27. The monoisotopic (exact) mass is 163 g/mol. The van der Waals surface area contributed by atoms with Gasteiger partial charge in [-0.25, -0.2) is 0 Å². The van der Waals surface area contributed by atoms with Crippen LogP contribution in [0.2, 0.25) is 0 Å². The van der Waals surface area contributed by atoms with E-state index in [2.05, 4.69) is 28.2 Å². The number of likely N-dealkylation sites (N-methyl/N-ethyl adjacent to an activating group) is 1. The van der Waals surface area contributed by atoms with Crippen molar-refractivity contribution in [2.24, 2.45) is 0 Å². The average Bonchev–Trinajstić information content (AvgIpc) is 2.05. The quantitative estimate of drug-likeness (QED) is 0.565. The van der Waals surface area contributed by atoms with Gasteiger partial charge in [-0.1, -0.05) is 0 Å². The molecule has 2 heterocycles. The van der Waals surface area contributed by atoms with Gasteiger partial charge in [-0.2, -0.15) is 10.2 Å². The summed E-state index contributed by atoms with van der Waals surface area (Å²) in [5, 5.41) is 8.23. The fourth-order valence-corrected chi connectivity index (χ4v) is 1.56. The lowest BCUT2D eigenvalue weighted by Crippen LogP contribution is -2.27. The van der Waals surface area contributed by atoms with Crippen LogP contribution >= 0.6 is 0 Å². The Morgan fingerprint density at radius 1 is 1.42 bits per heavy atom. The van der Waals surface area contributed by atoms with Crippen molar-refractivity contribution in [3.63, 3.8) is 0 Å². The third kappa shape index (κ3) is 1.32. The maximum atomic E-state index is 4.18. The van der Waals surface area contributed by atoms with E-state index in [0.29, 0.717) is 0 Å². The van der Waals surface area contributed by atoms with Gasteiger partial charge in [-0.3, -0.25) is 0 Å². The van der Waals surface area contributed by atoms with E-state index < -0.39 is 0 Å². The molecule has 1 aromatic rings. The molecular weight excluding hydrogens is 150 g/mol. The highest BCUT2D eigenvalue weighted by atomic mass is 15.2. The molecule has 1 aliphatic heterocycles. The van der Waals surface area contributed by atoms with E-state index in [4.69, 9.17) is 0 Å². The fraction of sp³-hybridized carbons (Fsp3) is 0.556. The molecule has 0 N–H and O–H groups in total. The summed E-state index contributed by atoms with van der Waals surface area (Å²) >= 11 is 0. The Kier molecular flexibility index (Phi) is 1.81. The maximum Gasteiger partial charge on any atom is 0.0803 e. The summed E-state index contributed by atoms with van der Waals surface area (Å²) in [5.74, 6) is 0. The smallest absolute Gasteiger partial charge is 0.0803 e. The molecule has 0 aliphatic carbocycles. The van der Waals surface area contributed by atoms with E-state index in [1.807, 2.05) is 6.92 Å². The molecule has 2 rings (SSSR count). The Balaban J connectivity index is 2.37. The largest absolute Gasteiger partial charge is 0.300 e. The van der Waals surface area contributed by atoms with E-state index in [1.165, 1.54) is 5.56 Å². The van der Waals surface area contributed by atoms with Crippen molar-refractivity contribution >= 4 is 0 Å². The van der Waals surface area contributed by atoms with Crippen LogP contribution < -0.4 is 0 Å². The summed E-state index contributed by atoms with van der Waals surface area (Å²) in [7, 11) is 2.12. The van der Waals surface area contributed by atoms with Gasteiger partial charge in [0, 0.05) is 13.1 Å². The normalized spacial score (nSPS) is 17.5. The second-order valence-corrected chi connectivity index (χ2v) is 3.45. The lowest BCUT2D eigenvalue weighted by molar-refractivity contribution is 0.305. The van der Waals surface area contributed by atoms with E-state index in [-0.39, 0.29) is 0 Å². The molecule has 0 aromatic carbocycles. The summed E-state index contributed by atoms with van der Waals surface area (Å²) in [6, 6.07) is 2.15. The predicted octanol–water partition coefficient (Wildman–Crippen LogP) is 0.773. The first kappa shape index (κ1) is 7.68. The highest BCUT2D eigenvalue weighted by Gasteiger charge is 2.14. The van der Waals surface area contributed by atoms with Gasteiger partial charge in [0.25, 0.3) is 0 Å². The molecule has 0 spiro atoms. The highest BCUT2D eigenvalue weighted by molar-refractivity contribution is 5.23. The Labute approximate surface area is 72.4 Å². The molecule has 0 unspecified atom stereocenters. The van der Waals surface area contributed by atoms with Gasteiger partial charge in [-0.05, 0) is 32.0 Å². The second-order valence-electron chi connectivity index (χ2n) is 3.45. The Morgan fingerprint density at radius 3 is 3.08 bits per heavy atom. The number of aryl methyl sites for hydroxylation is 1. The number of nitrogens with zero attached hydrogens (tertiary/aromatic N) is 3. The predicted molar refractivity (Wildman–Crippen MR) is 46.8 cm³/mol. The van der Waals surface area contributed by atoms with E-state index in [1.54, 1.807) is 0 Å². The molecule has 0 saturated heterocycles. The van der Waals surface area contributed by atoms with Gasteiger partial charge in [0.2, 0.25) is 0 Å². The van der Waals surface area contributed by atoms with Gasteiger partial charge < -0.3 is 4.90 Å². The van der Waals surface area contributed by atoms with Gasteiger partial charge in [0.05, 0.1) is 11.4 Å². The first-order chi connectivity index (χ1) is 5.75. The van der Waals surface area contributed by atoms with E-state index >= 15 is 0 Å². The molecule has 1 aliphatic rings. The van der Waals surface area contributed by atoms with Crippen molar-refractivity contribution in [3.05, 3.63) is 23.0 Å². The molecule has 0 atom stereocenters. The van der Waals surface area contributed by atoms with Gasteiger partial charge >= 0.3 is 0 Å². The molecule has 0 amide bonds. The SMILES string of the molecule is Cc1cc2c(nn1)CN(C)CC2. The zero-order valence-corrected chi connectivity index (χ0v) is 7.54. The number of rotatable bonds is 0. The van der Waals surface area contributed by atoms with Crippen LogP contribution in [0.1, 0.15) is 17.0 Å². The Morgan fingerprint density at radius 2 is 2.25 bits per heavy atom. The molecule has 0 saturated carbocycles. The third-order valence-corrected chi connectivity index (χ3v) is 2.26. The fourth-order valence-electron chi connectivity index (χ4n) is 1.56. The molecule has 64 valence electrons. The zero-order valence-electron chi connectivity index (χ0n) is 7.54. The lowest BCUT2D eigenvalue weighted by atomic mass is 10.1.